The van der Waals surface area contributed by atoms with E-state index >= 15 is 0 Å². The zero-order valence-corrected chi connectivity index (χ0v) is 17.1. The average Bonchev–Trinajstić information content (AvgIpc) is 3.24. The van der Waals surface area contributed by atoms with Crippen molar-refractivity contribution in [1.29, 1.82) is 0 Å². The number of amides is 1. The summed E-state index contributed by atoms with van der Waals surface area (Å²) in [4.78, 5) is 13.2. The molecule has 0 saturated heterocycles. The highest BCUT2D eigenvalue weighted by molar-refractivity contribution is 8.00. The fourth-order valence-electron chi connectivity index (χ4n) is 3.49. The van der Waals surface area contributed by atoms with Crippen LogP contribution in [0.3, 0.4) is 0 Å². The van der Waals surface area contributed by atoms with E-state index < -0.39 is 5.25 Å². The molecule has 6 nitrogen and oxygen atoms in total. The van der Waals surface area contributed by atoms with E-state index in [1.54, 1.807) is 12.1 Å². The van der Waals surface area contributed by atoms with Crippen LogP contribution in [0, 0.1) is 5.82 Å². The predicted octanol–water partition coefficient (Wildman–Crippen LogP) is 4.48. The highest BCUT2D eigenvalue weighted by Gasteiger charge is 2.38. The van der Waals surface area contributed by atoms with Crippen LogP contribution >= 0.6 is 11.8 Å². The Kier molecular flexibility index (Phi) is 5.13. The third-order valence-corrected chi connectivity index (χ3v) is 6.21. The first kappa shape index (κ1) is 19.3. The minimum absolute atomic E-state index is 0.200. The Hall–Kier alpha value is -3.65. The number of benzene rings is 3. The molecule has 2 N–H and O–H groups in total. The molecule has 0 bridgehead atoms. The lowest BCUT2D eigenvalue weighted by Gasteiger charge is -2.33. The van der Waals surface area contributed by atoms with Crippen molar-refractivity contribution in [2.45, 2.75) is 16.4 Å². The molecule has 0 spiro atoms. The van der Waals surface area contributed by atoms with Gasteiger partial charge in [-0.05, 0) is 29.8 Å². The fourth-order valence-corrected chi connectivity index (χ4v) is 4.57. The summed E-state index contributed by atoms with van der Waals surface area (Å²) in [5.41, 5.74) is 5.87. The van der Waals surface area contributed by atoms with Crippen molar-refractivity contribution in [3.05, 3.63) is 96.3 Å². The van der Waals surface area contributed by atoms with Crippen LogP contribution in [0.4, 0.5) is 10.1 Å². The Morgan fingerprint density at radius 2 is 1.61 bits per heavy atom. The van der Waals surface area contributed by atoms with Crippen molar-refractivity contribution in [2.24, 2.45) is 0 Å². The van der Waals surface area contributed by atoms with Crippen LogP contribution in [0.25, 0.3) is 11.4 Å². The van der Waals surface area contributed by atoms with Gasteiger partial charge in [-0.3, -0.25) is 4.79 Å². The first-order valence-electron chi connectivity index (χ1n) is 9.74. The summed E-state index contributed by atoms with van der Waals surface area (Å²) >= 11 is 1.35. The summed E-state index contributed by atoms with van der Waals surface area (Å²) in [7, 11) is 0. The van der Waals surface area contributed by atoms with E-state index in [0.717, 1.165) is 11.1 Å². The Morgan fingerprint density at radius 3 is 2.32 bits per heavy atom. The Morgan fingerprint density at radius 1 is 0.935 bits per heavy atom. The summed E-state index contributed by atoms with van der Waals surface area (Å²) in [6, 6.07) is 25.0. The maximum Gasteiger partial charge on any atom is 0.240 e. The van der Waals surface area contributed by atoms with Crippen LogP contribution in [0.5, 0.6) is 0 Å². The Labute approximate surface area is 182 Å². The van der Waals surface area contributed by atoms with Gasteiger partial charge in [-0.15, -0.1) is 10.2 Å². The summed E-state index contributed by atoms with van der Waals surface area (Å²) in [5.74, 6) is 0.130. The third-order valence-electron chi connectivity index (χ3n) is 5.00. The van der Waals surface area contributed by atoms with Crippen molar-refractivity contribution in [1.82, 2.24) is 14.9 Å². The quantitative estimate of drug-likeness (QED) is 0.498. The van der Waals surface area contributed by atoms with E-state index in [0.29, 0.717) is 16.7 Å². The summed E-state index contributed by atoms with van der Waals surface area (Å²) in [6.07, 6.45) is 0. The van der Waals surface area contributed by atoms with Gasteiger partial charge in [0.05, 0.1) is 6.04 Å². The molecule has 1 aliphatic heterocycles. The molecule has 3 aromatic carbocycles. The number of carbonyl (C=O) groups is 1. The molecule has 31 heavy (non-hydrogen) atoms. The van der Waals surface area contributed by atoms with Gasteiger partial charge in [0.25, 0.3) is 0 Å². The Balaban J connectivity index is 1.50. The number of halogens is 1. The molecular weight excluding hydrogens is 413 g/mol. The highest BCUT2D eigenvalue weighted by Crippen LogP contribution is 2.38. The van der Waals surface area contributed by atoms with Gasteiger partial charge in [-0.25, -0.2) is 9.07 Å². The minimum Gasteiger partial charge on any atom is -0.325 e. The third kappa shape index (κ3) is 3.89. The van der Waals surface area contributed by atoms with Crippen LogP contribution in [0.15, 0.2) is 90.1 Å². The molecule has 5 rings (SSSR count). The first-order valence-corrected chi connectivity index (χ1v) is 10.6. The Bertz CT molecular complexity index is 1200. The van der Waals surface area contributed by atoms with Crippen LogP contribution < -0.4 is 10.7 Å². The molecule has 2 atom stereocenters. The number of hydrogen-bond acceptors (Lipinski definition) is 5. The van der Waals surface area contributed by atoms with Crippen LogP contribution in [0.1, 0.15) is 11.6 Å². The predicted molar refractivity (Wildman–Crippen MR) is 119 cm³/mol. The van der Waals surface area contributed by atoms with Crippen LogP contribution in [0.2, 0.25) is 0 Å². The molecule has 0 aliphatic carbocycles. The van der Waals surface area contributed by atoms with Gasteiger partial charge in [0, 0.05) is 11.3 Å². The second kappa shape index (κ2) is 8.23. The van der Waals surface area contributed by atoms with E-state index in [4.69, 9.17) is 0 Å². The number of fused-ring (bicyclic) bond motifs is 1. The van der Waals surface area contributed by atoms with Gasteiger partial charge in [-0.2, -0.15) is 0 Å². The molecule has 1 aliphatic rings. The zero-order valence-electron chi connectivity index (χ0n) is 16.3. The van der Waals surface area contributed by atoms with E-state index in [1.165, 1.54) is 23.9 Å². The number of nitrogens with one attached hydrogen (secondary N) is 2. The normalized spacial score (nSPS) is 17.5. The first-order chi connectivity index (χ1) is 15.2. The molecule has 0 saturated carbocycles. The molecule has 0 unspecified atom stereocenters. The topological polar surface area (TPSA) is 71.8 Å². The smallest absolute Gasteiger partial charge is 0.240 e. The average molecular weight is 431 g/mol. The second-order valence-electron chi connectivity index (χ2n) is 7.06. The zero-order chi connectivity index (χ0) is 21.2. The van der Waals surface area contributed by atoms with Gasteiger partial charge in [0.2, 0.25) is 11.1 Å². The number of thioether (sulfide) groups is 1. The van der Waals surface area contributed by atoms with Crippen molar-refractivity contribution in [3.8, 4) is 11.4 Å². The van der Waals surface area contributed by atoms with Crippen molar-refractivity contribution >= 4 is 23.4 Å². The molecule has 1 amide bonds. The summed E-state index contributed by atoms with van der Waals surface area (Å²) < 4.78 is 15.1. The molecule has 2 heterocycles. The number of carbonyl (C=O) groups excluding carboxylic acids is 1. The van der Waals surface area contributed by atoms with Gasteiger partial charge >= 0.3 is 0 Å². The highest BCUT2D eigenvalue weighted by atomic mass is 32.2. The molecule has 154 valence electrons. The van der Waals surface area contributed by atoms with Gasteiger partial charge < -0.3 is 10.7 Å². The van der Waals surface area contributed by atoms with Crippen molar-refractivity contribution in [3.63, 3.8) is 0 Å². The van der Waals surface area contributed by atoms with Gasteiger partial charge in [0.1, 0.15) is 11.1 Å². The van der Waals surface area contributed by atoms with Crippen LogP contribution in [-0.2, 0) is 4.79 Å². The largest absolute Gasteiger partial charge is 0.325 e. The lowest BCUT2D eigenvalue weighted by Crippen LogP contribution is -2.41. The van der Waals surface area contributed by atoms with Crippen molar-refractivity contribution in [2.75, 3.05) is 10.7 Å². The summed E-state index contributed by atoms with van der Waals surface area (Å²) in [6.45, 7) is 0. The molecule has 1 aromatic heterocycles. The standard InChI is InChI=1S/C23H18FN5OS/c24-17-11-13-18(14-12-17)25-22(30)20-19(15-7-3-1-4-8-15)28-29-21(26-27-23(29)31-20)16-9-5-2-6-10-16/h1-14,19-20,28H,(H,25,30)/t19-,20+/m0/s1. The van der Waals surface area contributed by atoms with Crippen molar-refractivity contribution < 1.29 is 9.18 Å². The number of aromatic nitrogens is 3. The number of rotatable bonds is 4. The lowest BCUT2D eigenvalue weighted by atomic mass is 10.0. The molecular formula is C23H18FN5OS. The number of anilines is 1. The maximum atomic E-state index is 13.2. The van der Waals surface area contributed by atoms with Gasteiger partial charge in [-0.1, -0.05) is 72.4 Å². The maximum absolute atomic E-state index is 13.2. The van der Waals surface area contributed by atoms with Crippen LogP contribution in [-0.4, -0.2) is 26.0 Å². The van der Waals surface area contributed by atoms with E-state index in [1.807, 2.05) is 65.3 Å². The SMILES string of the molecule is O=C(Nc1ccc(F)cc1)[C@@H]1Sc2nnc(-c3ccccc3)n2N[C@H]1c1ccccc1. The second-order valence-corrected chi connectivity index (χ2v) is 8.17. The molecule has 4 aromatic rings. The fraction of sp³-hybridized carbons (Fsp3) is 0.0870. The molecule has 0 radical (unpaired) electrons. The van der Waals surface area contributed by atoms with E-state index in [9.17, 15) is 9.18 Å². The minimum atomic E-state index is -0.507. The summed E-state index contributed by atoms with van der Waals surface area (Å²) in [5, 5.41) is 11.6. The monoisotopic (exact) mass is 431 g/mol. The number of nitrogens with zero attached hydrogens (tertiary/aromatic N) is 3. The van der Waals surface area contributed by atoms with E-state index in [-0.39, 0.29) is 17.8 Å². The molecule has 8 heteroatoms. The molecule has 0 fully saturated rings. The number of hydrogen-bond donors (Lipinski definition) is 2. The van der Waals surface area contributed by atoms with E-state index in [2.05, 4.69) is 20.9 Å². The lowest BCUT2D eigenvalue weighted by molar-refractivity contribution is -0.116. The van der Waals surface area contributed by atoms with Gasteiger partial charge in [0.15, 0.2) is 5.82 Å².